The molecule has 0 radical (unpaired) electrons. The van der Waals surface area contributed by atoms with Gasteiger partial charge in [0.2, 0.25) is 0 Å². The standard InChI is InChI=1S/C13H21BFNO2/c1-3-7-16(8-4-2)10-11-5-6-12(14(17)18)9-13(11)15/h5-6,9,17-18H,3-4,7-8,10H2,1-2H3. The van der Waals surface area contributed by atoms with Crippen LogP contribution in [0.15, 0.2) is 18.2 Å². The molecule has 100 valence electrons. The molecule has 3 nitrogen and oxygen atoms in total. The van der Waals surface area contributed by atoms with Gasteiger partial charge >= 0.3 is 7.12 Å². The lowest BCUT2D eigenvalue weighted by molar-refractivity contribution is 0.263. The van der Waals surface area contributed by atoms with Gasteiger partial charge in [0.15, 0.2) is 0 Å². The lowest BCUT2D eigenvalue weighted by Gasteiger charge is -2.21. The lowest BCUT2D eigenvalue weighted by atomic mass is 9.80. The maximum atomic E-state index is 13.8. The summed E-state index contributed by atoms with van der Waals surface area (Å²) in [4.78, 5) is 2.20. The van der Waals surface area contributed by atoms with E-state index in [0.717, 1.165) is 25.9 Å². The van der Waals surface area contributed by atoms with E-state index in [2.05, 4.69) is 18.7 Å². The molecule has 5 heteroatoms. The van der Waals surface area contributed by atoms with Crippen LogP contribution in [0.5, 0.6) is 0 Å². The fourth-order valence-electron chi connectivity index (χ4n) is 2.00. The Hall–Kier alpha value is -0.905. The van der Waals surface area contributed by atoms with E-state index in [1.165, 1.54) is 6.07 Å². The summed E-state index contributed by atoms with van der Waals surface area (Å²) >= 11 is 0. The molecule has 0 aromatic heterocycles. The zero-order valence-electron chi connectivity index (χ0n) is 11.1. The summed E-state index contributed by atoms with van der Waals surface area (Å²) in [5.41, 5.74) is 0.787. The highest BCUT2D eigenvalue weighted by atomic mass is 19.1. The van der Waals surface area contributed by atoms with Crippen molar-refractivity contribution >= 4 is 12.6 Å². The van der Waals surface area contributed by atoms with Gasteiger partial charge in [-0.05, 0) is 37.5 Å². The van der Waals surface area contributed by atoms with Crippen LogP contribution in [0.4, 0.5) is 4.39 Å². The van der Waals surface area contributed by atoms with Crippen molar-refractivity contribution in [2.75, 3.05) is 13.1 Å². The number of nitrogens with zero attached hydrogens (tertiary/aromatic N) is 1. The molecule has 1 aromatic carbocycles. The van der Waals surface area contributed by atoms with Gasteiger partial charge in [-0.25, -0.2) is 4.39 Å². The van der Waals surface area contributed by atoms with Crippen LogP contribution in [0.25, 0.3) is 0 Å². The topological polar surface area (TPSA) is 43.7 Å². The molecule has 18 heavy (non-hydrogen) atoms. The predicted octanol–water partition coefficient (Wildman–Crippen LogP) is 1.13. The average Bonchev–Trinajstić information content (AvgIpc) is 2.32. The Morgan fingerprint density at radius 1 is 1.17 bits per heavy atom. The van der Waals surface area contributed by atoms with Crippen molar-refractivity contribution in [1.29, 1.82) is 0 Å². The summed E-state index contributed by atoms with van der Waals surface area (Å²) in [6.07, 6.45) is 2.07. The van der Waals surface area contributed by atoms with Gasteiger partial charge in [-0.15, -0.1) is 0 Å². The Balaban J connectivity index is 2.76. The van der Waals surface area contributed by atoms with Crippen LogP contribution in [-0.4, -0.2) is 35.2 Å². The van der Waals surface area contributed by atoms with Crippen molar-refractivity contribution in [3.63, 3.8) is 0 Å². The van der Waals surface area contributed by atoms with Crippen molar-refractivity contribution in [2.24, 2.45) is 0 Å². The molecule has 0 atom stereocenters. The zero-order valence-corrected chi connectivity index (χ0v) is 11.1. The molecule has 0 fully saturated rings. The third-order valence-corrected chi connectivity index (χ3v) is 2.85. The zero-order chi connectivity index (χ0) is 13.5. The van der Waals surface area contributed by atoms with Crippen LogP contribution < -0.4 is 5.46 Å². The second kappa shape index (κ2) is 7.51. The molecule has 1 rings (SSSR count). The first-order chi connectivity index (χ1) is 8.58. The average molecular weight is 253 g/mol. The molecular formula is C13H21BFNO2. The van der Waals surface area contributed by atoms with E-state index in [1.807, 2.05) is 0 Å². The second-order valence-corrected chi connectivity index (χ2v) is 4.50. The van der Waals surface area contributed by atoms with Gasteiger partial charge in [0.25, 0.3) is 0 Å². The highest BCUT2D eigenvalue weighted by molar-refractivity contribution is 6.58. The first kappa shape index (κ1) is 15.2. The van der Waals surface area contributed by atoms with E-state index in [9.17, 15) is 4.39 Å². The van der Waals surface area contributed by atoms with E-state index in [0.29, 0.717) is 12.1 Å². The van der Waals surface area contributed by atoms with Gasteiger partial charge in [0.05, 0.1) is 0 Å². The molecular weight excluding hydrogens is 232 g/mol. The summed E-state index contributed by atoms with van der Waals surface area (Å²) in [5.74, 6) is -0.377. The van der Waals surface area contributed by atoms with Crippen molar-refractivity contribution in [1.82, 2.24) is 4.90 Å². The van der Waals surface area contributed by atoms with Crippen LogP contribution in [0, 0.1) is 5.82 Å². The normalized spacial score (nSPS) is 11.0. The number of hydrogen-bond donors (Lipinski definition) is 2. The van der Waals surface area contributed by atoms with Crippen molar-refractivity contribution < 1.29 is 14.4 Å². The fraction of sp³-hybridized carbons (Fsp3) is 0.538. The Morgan fingerprint density at radius 2 is 1.78 bits per heavy atom. The van der Waals surface area contributed by atoms with Crippen LogP contribution in [0.2, 0.25) is 0 Å². The predicted molar refractivity (Wildman–Crippen MR) is 72.1 cm³/mol. The maximum absolute atomic E-state index is 13.8. The third kappa shape index (κ3) is 4.40. The molecule has 0 bridgehead atoms. The minimum Gasteiger partial charge on any atom is -0.423 e. The van der Waals surface area contributed by atoms with Gasteiger partial charge in [-0.3, -0.25) is 4.90 Å². The fourth-order valence-corrected chi connectivity index (χ4v) is 2.00. The minimum atomic E-state index is -1.61. The molecule has 0 aliphatic carbocycles. The molecule has 0 spiro atoms. The van der Waals surface area contributed by atoms with E-state index in [4.69, 9.17) is 10.0 Å². The molecule has 0 heterocycles. The van der Waals surface area contributed by atoms with Gasteiger partial charge in [0, 0.05) is 12.1 Å². The molecule has 0 amide bonds. The number of halogens is 1. The largest absolute Gasteiger partial charge is 0.488 e. The highest BCUT2D eigenvalue weighted by Gasteiger charge is 2.14. The van der Waals surface area contributed by atoms with E-state index < -0.39 is 7.12 Å². The first-order valence-electron chi connectivity index (χ1n) is 6.45. The Morgan fingerprint density at radius 3 is 2.22 bits per heavy atom. The number of hydrogen-bond acceptors (Lipinski definition) is 3. The molecule has 2 N–H and O–H groups in total. The van der Waals surface area contributed by atoms with Crippen LogP contribution in [0.3, 0.4) is 0 Å². The van der Waals surface area contributed by atoms with Crippen LogP contribution in [-0.2, 0) is 6.54 Å². The maximum Gasteiger partial charge on any atom is 0.488 e. The van der Waals surface area contributed by atoms with Gasteiger partial charge in [-0.1, -0.05) is 26.0 Å². The Kier molecular flexibility index (Phi) is 6.32. The van der Waals surface area contributed by atoms with E-state index in [1.54, 1.807) is 12.1 Å². The summed E-state index contributed by atoms with van der Waals surface area (Å²) in [6, 6.07) is 4.37. The van der Waals surface area contributed by atoms with Crippen molar-refractivity contribution in [2.45, 2.75) is 33.2 Å². The van der Waals surface area contributed by atoms with E-state index >= 15 is 0 Å². The number of rotatable bonds is 7. The van der Waals surface area contributed by atoms with Gasteiger partial charge in [-0.2, -0.15) is 0 Å². The summed E-state index contributed by atoms with van der Waals surface area (Å²) in [5, 5.41) is 17.9. The molecule has 0 aliphatic rings. The molecule has 0 saturated carbocycles. The van der Waals surface area contributed by atoms with Crippen LogP contribution >= 0.6 is 0 Å². The van der Waals surface area contributed by atoms with Gasteiger partial charge in [0.1, 0.15) is 5.82 Å². The lowest BCUT2D eigenvalue weighted by Crippen LogP contribution is -2.31. The smallest absolute Gasteiger partial charge is 0.423 e. The third-order valence-electron chi connectivity index (χ3n) is 2.85. The molecule has 1 aromatic rings. The van der Waals surface area contributed by atoms with E-state index in [-0.39, 0.29) is 11.3 Å². The molecule has 0 unspecified atom stereocenters. The van der Waals surface area contributed by atoms with Crippen molar-refractivity contribution in [3.05, 3.63) is 29.6 Å². The number of benzene rings is 1. The van der Waals surface area contributed by atoms with Crippen LogP contribution in [0.1, 0.15) is 32.3 Å². The van der Waals surface area contributed by atoms with Gasteiger partial charge < -0.3 is 10.0 Å². The summed E-state index contributed by atoms with van der Waals surface area (Å²) in [6.45, 7) is 6.65. The monoisotopic (exact) mass is 253 g/mol. The minimum absolute atomic E-state index is 0.189. The first-order valence-corrected chi connectivity index (χ1v) is 6.45. The summed E-state index contributed by atoms with van der Waals surface area (Å²) in [7, 11) is -1.61. The SMILES string of the molecule is CCCN(CCC)Cc1ccc(B(O)O)cc1F. The quantitative estimate of drug-likeness (QED) is 0.716. The second-order valence-electron chi connectivity index (χ2n) is 4.50. The molecule has 0 saturated heterocycles. The van der Waals surface area contributed by atoms with Crippen molar-refractivity contribution in [3.8, 4) is 0 Å². The Labute approximate surface area is 108 Å². The summed E-state index contributed by atoms with van der Waals surface area (Å²) < 4.78 is 13.8. The highest BCUT2D eigenvalue weighted by Crippen LogP contribution is 2.10. The Bertz CT molecular complexity index is 368. The molecule has 0 aliphatic heterocycles.